The summed E-state index contributed by atoms with van der Waals surface area (Å²) in [6, 6.07) is 17.6. The van der Waals surface area contributed by atoms with E-state index in [4.69, 9.17) is 19.3 Å². The molecule has 9 heteroatoms. The molecule has 0 heterocycles. The van der Waals surface area contributed by atoms with Gasteiger partial charge >= 0.3 is 17.6 Å². The second-order valence-electron chi connectivity index (χ2n) is 7.80. The number of hydrogen-bond acceptors (Lipinski definition) is 7. The Kier molecular flexibility index (Phi) is 8.77. The summed E-state index contributed by atoms with van der Waals surface area (Å²) in [5.41, 5.74) is 1.38. The lowest BCUT2D eigenvalue weighted by atomic mass is 10.0. The molecule has 0 saturated heterocycles. The Morgan fingerprint density at radius 1 is 0.944 bits per heavy atom. The van der Waals surface area contributed by atoms with Crippen molar-refractivity contribution >= 4 is 17.6 Å². The Bertz CT molecular complexity index is 1250. The lowest BCUT2D eigenvalue weighted by molar-refractivity contribution is -0.385. The maximum atomic E-state index is 12.6. The van der Waals surface area contributed by atoms with Gasteiger partial charge in [0, 0.05) is 11.6 Å². The van der Waals surface area contributed by atoms with Crippen LogP contribution in [-0.4, -0.2) is 35.7 Å². The molecular weight excluding hydrogens is 466 g/mol. The third-order valence-electron chi connectivity index (χ3n) is 5.32. The summed E-state index contributed by atoms with van der Waals surface area (Å²) in [7, 11) is 1.55. The number of methoxy groups -OCH3 is 1. The molecule has 0 aromatic heterocycles. The molecule has 0 unspecified atom stereocenters. The predicted octanol–water partition coefficient (Wildman–Crippen LogP) is 5.68. The Balaban J connectivity index is 1.61. The van der Waals surface area contributed by atoms with Gasteiger partial charge in [-0.05, 0) is 72.9 Å². The number of nitro benzene ring substituents is 1. The van der Waals surface area contributed by atoms with Gasteiger partial charge in [-0.3, -0.25) is 10.1 Å². The number of esters is 1. The van der Waals surface area contributed by atoms with Gasteiger partial charge in [-0.2, -0.15) is 0 Å². The van der Waals surface area contributed by atoms with Crippen LogP contribution in [0.25, 0.3) is 11.1 Å². The number of ether oxygens (including phenoxy) is 3. The zero-order chi connectivity index (χ0) is 26.1. The van der Waals surface area contributed by atoms with Gasteiger partial charge in [-0.15, -0.1) is 0 Å². The van der Waals surface area contributed by atoms with Crippen LogP contribution in [0.1, 0.15) is 29.6 Å². The van der Waals surface area contributed by atoms with Gasteiger partial charge in [0.2, 0.25) is 5.75 Å². The van der Waals surface area contributed by atoms with Crippen molar-refractivity contribution in [3.8, 4) is 28.4 Å². The van der Waals surface area contributed by atoms with Crippen LogP contribution in [0.4, 0.5) is 5.69 Å². The van der Waals surface area contributed by atoms with E-state index >= 15 is 0 Å². The van der Waals surface area contributed by atoms with E-state index in [1.807, 2.05) is 0 Å². The second kappa shape index (κ2) is 12.2. The van der Waals surface area contributed by atoms with E-state index in [0.29, 0.717) is 42.9 Å². The van der Waals surface area contributed by atoms with Crippen molar-refractivity contribution in [3.63, 3.8) is 0 Å². The van der Waals surface area contributed by atoms with E-state index < -0.39 is 16.9 Å². The van der Waals surface area contributed by atoms with E-state index in [-0.39, 0.29) is 22.6 Å². The van der Waals surface area contributed by atoms with Gasteiger partial charge in [0.25, 0.3) is 0 Å². The number of carbonyl (C=O) groups is 2. The molecule has 0 aliphatic carbocycles. The highest BCUT2D eigenvalue weighted by molar-refractivity contribution is 5.92. The Morgan fingerprint density at radius 3 is 2.19 bits per heavy atom. The molecule has 9 nitrogen and oxygen atoms in total. The number of carboxylic acid groups (broad SMARTS) is 1. The van der Waals surface area contributed by atoms with Crippen molar-refractivity contribution in [1.29, 1.82) is 0 Å². The number of aliphatic carboxylic acids is 1. The molecule has 0 aliphatic heterocycles. The summed E-state index contributed by atoms with van der Waals surface area (Å²) in [4.78, 5) is 34.3. The number of unbranched alkanes of at least 4 members (excludes halogenated alkanes) is 1. The normalized spacial score (nSPS) is 10.4. The zero-order valence-corrected chi connectivity index (χ0v) is 19.6. The molecule has 186 valence electrons. The van der Waals surface area contributed by atoms with Crippen molar-refractivity contribution in [2.75, 3.05) is 13.7 Å². The minimum Gasteiger partial charge on any atom is -0.497 e. The summed E-state index contributed by atoms with van der Waals surface area (Å²) in [5.74, 6) is -0.716. The van der Waals surface area contributed by atoms with E-state index in [1.54, 1.807) is 49.6 Å². The number of rotatable bonds is 12. The summed E-state index contributed by atoms with van der Waals surface area (Å²) >= 11 is 0. The largest absolute Gasteiger partial charge is 0.497 e. The number of benzene rings is 3. The fourth-order valence-electron chi connectivity index (χ4n) is 3.29. The van der Waals surface area contributed by atoms with Crippen molar-refractivity contribution in [3.05, 3.63) is 94.6 Å². The van der Waals surface area contributed by atoms with Gasteiger partial charge in [0.05, 0.1) is 24.2 Å². The van der Waals surface area contributed by atoms with Gasteiger partial charge < -0.3 is 19.3 Å². The summed E-state index contributed by atoms with van der Waals surface area (Å²) in [6.45, 7) is 3.86. The topological polar surface area (TPSA) is 125 Å². The molecule has 0 radical (unpaired) electrons. The van der Waals surface area contributed by atoms with Gasteiger partial charge in [-0.25, -0.2) is 9.59 Å². The molecule has 0 saturated carbocycles. The van der Waals surface area contributed by atoms with Gasteiger partial charge in [0.15, 0.2) is 0 Å². The van der Waals surface area contributed by atoms with E-state index in [1.165, 1.54) is 24.3 Å². The van der Waals surface area contributed by atoms with E-state index in [0.717, 1.165) is 5.56 Å². The van der Waals surface area contributed by atoms with E-state index in [9.17, 15) is 19.7 Å². The van der Waals surface area contributed by atoms with Gasteiger partial charge in [0.1, 0.15) is 11.5 Å². The molecule has 0 spiro atoms. The Labute approximate surface area is 207 Å². The van der Waals surface area contributed by atoms with Crippen molar-refractivity contribution in [2.24, 2.45) is 0 Å². The number of nitro groups is 1. The number of nitrogens with zero attached hydrogens (tertiary/aromatic N) is 1. The summed E-state index contributed by atoms with van der Waals surface area (Å²) in [6.07, 6.45) is 1.66. The van der Waals surface area contributed by atoms with Crippen LogP contribution in [0.15, 0.2) is 78.9 Å². The highest BCUT2D eigenvalue weighted by Gasteiger charge is 2.20. The van der Waals surface area contributed by atoms with Crippen LogP contribution in [0.3, 0.4) is 0 Å². The smallest absolute Gasteiger partial charge is 0.343 e. The molecule has 3 rings (SSSR count). The monoisotopic (exact) mass is 491 g/mol. The number of hydrogen-bond donors (Lipinski definition) is 1. The molecule has 0 fully saturated rings. The molecule has 3 aromatic rings. The van der Waals surface area contributed by atoms with E-state index in [2.05, 4.69) is 6.58 Å². The first-order valence-corrected chi connectivity index (χ1v) is 11.1. The first-order valence-electron chi connectivity index (χ1n) is 11.1. The molecule has 0 atom stereocenters. The van der Waals surface area contributed by atoms with Crippen molar-refractivity contribution in [1.82, 2.24) is 0 Å². The first-order chi connectivity index (χ1) is 17.3. The van der Waals surface area contributed by atoms with Crippen molar-refractivity contribution in [2.45, 2.75) is 19.3 Å². The highest BCUT2D eigenvalue weighted by Crippen LogP contribution is 2.33. The minimum absolute atomic E-state index is 0.161. The van der Waals surface area contributed by atoms with Gasteiger partial charge in [-0.1, -0.05) is 24.8 Å². The quantitative estimate of drug-likeness (QED) is 0.0857. The lowest BCUT2D eigenvalue weighted by Gasteiger charge is -2.09. The fraction of sp³-hybridized carbons (Fsp3) is 0.185. The summed E-state index contributed by atoms with van der Waals surface area (Å²) in [5, 5.41) is 20.4. The van der Waals surface area contributed by atoms with Crippen LogP contribution in [0.5, 0.6) is 17.2 Å². The molecule has 3 aromatic carbocycles. The molecule has 36 heavy (non-hydrogen) atoms. The molecule has 0 amide bonds. The average Bonchev–Trinajstić information content (AvgIpc) is 2.88. The zero-order valence-electron chi connectivity index (χ0n) is 19.6. The van der Waals surface area contributed by atoms with Crippen LogP contribution in [0, 0.1) is 10.1 Å². The first kappa shape index (κ1) is 26.0. The predicted molar refractivity (Wildman–Crippen MR) is 133 cm³/mol. The fourth-order valence-corrected chi connectivity index (χ4v) is 3.29. The summed E-state index contributed by atoms with van der Waals surface area (Å²) < 4.78 is 16.0. The van der Waals surface area contributed by atoms with Crippen LogP contribution >= 0.6 is 0 Å². The average molecular weight is 491 g/mol. The third-order valence-corrected chi connectivity index (χ3v) is 5.32. The maximum absolute atomic E-state index is 12.6. The SMILES string of the molecule is C=C(CCCCOc1ccc(C(=O)Oc2ccc(-c3ccc(OC)cc3)cc2[N+](=O)[O-])cc1)C(=O)O. The van der Waals surface area contributed by atoms with Crippen LogP contribution < -0.4 is 14.2 Å². The van der Waals surface area contributed by atoms with Crippen molar-refractivity contribution < 1.29 is 33.8 Å². The molecule has 0 bridgehead atoms. The van der Waals surface area contributed by atoms with Crippen LogP contribution in [-0.2, 0) is 4.79 Å². The molecule has 0 aliphatic rings. The Hall–Kier alpha value is -4.66. The lowest BCUT2D eigenvalue weighted by Crippen LogP contribution is -2.10. The Morgan fingerprint density at radius 2 is 1.58 bits per heavy atom. The second-order valence-corrected chi connectivity index (χ2v) is 7.80. The molecular formula is C27H25NO8. The molecule has 1 N–H and O–H groups in total. The maximum Gasteiger partial charge on any atom is 0.343 e. The highest BCUT2D eigenvalue weighted by atomic mass is 16.6. The minimum atomic E-state index is -1.00. The number of carboxylic acids is 1. The third kappa shape index (κ3) is 6.92. The number of carbonyl (C=O) groups excluding carboxylic acids is 1. The van der Waals surface area contributed by atoms with Crippen LogP contribution in [0.2, 0.25) is 0 Å². The standard InChI is InChI=1S/C27H25NO8/c1-18(26(29)30)5-3-4-16-35-23-13-8-20(9-14-23)27(31)36-25-15-10-21(17-24(25)28(32)33)19-6-11-22(34-2)12-7-19/h6-15,17H,1,3-5,16H2,2H3,(H,29,30).